The predicted octanol–water partition coefficient (Wildman–Crippen LogP) is 0.854. The average Bonchev–Trinajstić information content (AvgIpc) is 2.65. The van der Waals surface area contributed by atoms with Crippen LogP contribution in [-0.4, -0.2) is 66.3 Å². The lowest BCUT2D eigenvalue weighted by molar-refractivity contribution is -0.288. The maximum Gasteiger partial charge on any atom is 0.303 e. The third-order valence-corrected chi connectivity index (χ3v) is 4.04. The maximum atomic E-state index is 11.8. The third kappa shape index (κ3) is 7.14. The van der Waals surface area contributed by atoms with Gasteiger partial charge in [-0.2, -0.15) is 0 Å². The molecule has 0 aromatic heterocycles. The van der Waals surface area contributed by atoms with Crippen LogP contribution < -0.4 is 4.74 Å². The van der Waals surface area contributed by atoms with E-state index in [4.69, 9.17) is 28.4 Å². The molecule has 11 heteroatoms. The summed E-state index contributed by atoms with van der Waals surface area (Å²) in [6.07, 6.45) is -6.34. The number of benzene rings is 1. The molecule has 0 amide bonds. The number of aromatic hydroxyl groups is 1. The number of carbonyl (C=O) groups is 4. The van der Waals surface area contributed by atoms with Crippen LogP contribution in [0.2, 0.25) is 0 Å². The second kappa shape index (κ2) is 10.6. The van der Waals surface area contributed by atoms with Gasteiger partial charge in [-0.05, 0) is 24.3 Å². The molecule has 1 aromatic carbocycles. The first kappa shape index (κ1) is 23.9. The fourth-order valence-electron chi connectivity index (χ4n) is 2.94. The van der Waals surface area contributed by atoms with Crippen LogP contribution in [0.1, 0.15) is 27.7 Å². The molecule has 1 heterocycles. The normalized spacial score (nSPS) is 25.1. The SMILES string of the molecule is CC(=O)OC[C@H]1OC(Oc2ccc(O)cc2)[C@@H](OC(C)=O)[C@@H](OC(C)=O)[C@@H]1OC(C)=O. The topological polar surface area (TPSA) is 144 Å². The largest absolute Gasteiger partial charge is 0.508 e. The third-order valence-electron chi connectivity index (χ3n) is 4.04. The molecule has 1 aliphatic rings. The molecule has 1 N–H and O–H groups in total. The van der Waals surface area contributed by atoms with Crippen LogP contribution in [0.25, 0.3) is 0 Å². The van der Waals surface area contributed by atoms with Gasteiger partial charge in [0.1, 0.15) is 24.2 Å². The molecule has 1 fully saturated rings. The smallest absolute Gasteiger partial charge is 0.303 e. The van der Waals surface area contributed by atoms with Crippen LogP contribution in [-0.2, 0) is 42.9 Å². The molecule has 1 saturated heterocycles. The van der Waals surface area contributed by atoms with Crippen LogP contribution in [0.4, 0.5) is 0 Å². The van der Waals surface area contributed by atoms with Gasteiger partial charge in [-0.25, -0.2) is 0 Å². The van der Waals surface area contributed by atoms with Crippen LogP contribution in [0.3, 0.4) is 0 Å². The van der Waals surface area contributed by atoms with Crippen molar-refractivity contribution in [2.24, 2.45) is 0 Å². The zero-order valence-corrected chi connectivity index (χ0v) is 17.4. The molecule has 1 aromatic rings. The minimum atomic E-state index is -1.33. The molecule has 0 saturated carbocycles. The molecule has 31 heavy (non-hydrogen) atoms. The zero-order valence-electron chi connectivity index (χ0n) is 17.4. The summed E-state index contributed by atoms with van der Waals surface area (Å²) in [6, 6.07) is 5.59. The Balaban J connectivity index is 2.43. The number of esters is 4. The summed E-state index contributed by atoms with van der Waals surface area (Å²) >= 11 is 0. The number of ether oxygens (including phenoxy) is 6. The van der Waals surface area contributed by atoms with Gasteiger partial charge in [-0.15, -0.1) is 0 Å². The molecule has 0 radical (unpaired) electrons. The van der Waals surface area contributed by atoms with Crippen molar-refractivity contribution >= 4 is 23.9 Å². The number of carbonyl (C=O) groups excluding carboxylic acids is 4. The summed E-state index contributed by atoms with van der Waals surface area (Å²) in [6.45, 7) is 4.22. The molecular formula is C20H24O11. The monoisotopic (exact) mass is 440 g/mol. The zero-order chi connectivity index (χ0) is 23.1. The number of phenolic OH excluding ortho intramolecular Hbond substituents is 1. The van der Waals surface area contributed by atoms with E-state index in [0.29, 0.717) is 0 Å². The Hall–Kier alpha value is -3.34. The quantitative estimate of drug-likeness (QED) is 0.476. The van der Waals surface area contributed by atoms with Crippen molar-refractivity contribution in [1.82, 2.24) is 0 Å². The summed E-state index contributed by atoms with van der Waals surface area (Å²) in [5.74, 6) is -2.58. The maximum absolute atomic E-state index is 11.8. The van der Waals surface area contributed by atoms with Crippen molar-refractivity contribution in [1.29, 1.82) is 0 Å². The number of phenols is 1. The van der Waals surface area contributed by atoms with E-state index >= 15 is 0 Å². The molecule has 0 spiro atoms. The molecule has 1 aliphatic heterocycles. The summed E-state index contributed by atoms with van der Waals surface area (Å²) < 4.78 is 32.4. The number of hydrogen-bond acceptors (Lipinski definition) is 11. The lowest BCUT2D eigenvalue weighted by Gasteiger charge is -2.43. The van der Waals surface area contributed by atoms with E-state index < -0.39 is 54.6 Å². The van der Waals surface area contributed by atoms with E-state index in [1.54, 1.807) is 0 Å². The van der Waals surface area contributed by atoms with Crippen LogP contribution >= 0.6 is 0 Å². The van der Waals surface area contributed by atoms with Gasteiger partial charge in [0.05, 0.1) is 0 Å². The van der Waals surface area contributed by atoms with Crippen molar-refractivity contribution in [3.63, 3.8) is 0 Å². The van der Waals surface area contributed by atoms with E-state index in [9.17, 15) is 24.3 Å². The molecule has 2 rings (SSSR count). The fourth-order valence-corrected chi connectivity index (χ4v) is 2.94. The van der Waals surface area contributed by atoms with Crippen molar-refractivity contribution in [2.45, 2.75) is 58.4 Å². The molecule has 1 unspecified atom stereocenters. The highest BCUT2D eigenvalue weighted by Crippen LogP contribution is 2.31. The van der Waals surface area contributed by atoms with Crippen molar-refractivity contribution < 1.29 is 52.7 Å². The van der Waals surface area contributed by atoms with Crippen molar-refractivity contribution in [3.8, 4) is 11.5 Å². The Kier molecular flexibility index (Phi) is 8.20. The highest BCUT2D eigenvalue weighted by atomic mass is 16.7. The first-order valence-electron chi connectivity index (χ1n) is 9.33. The summed E-state index contributed by atoms with van der Waals surface area (Å²) in [7, 11) is 0. The number of rotatable bonds is 7. The Morgan fingerprint density at radius 1 is 0.806 bits per heavy atom. The Labute approximate surface area is 178 Å². The number of hydrogen-bond donors (Lipinski definition) is 1. The molecule has 170 valence electrons. The summed E-state index contributed by atoms with van der Waals surface area (Å²) in [4.78, 5) is 46.4. The van der Waals surface area contributed by atoms with Gasteiger partial charge in [-0.1, -0.05) is 0 Å². The van der Waals surface area contributed by atoms with Crippen LogP contribution in [0, 0.1) is 0 Å². The van der Waals surface area contributed by atoms with Gasteiger partial charge >= 0.3 is 23.9 Å². The minimum Gasteiger partial charge on any atom is -0.508 e. The fraction of sp³-hybridized carbons (Fsp3) is 0.500. The van der Waals surface area contributed by atoms with Crippen molar-refractivity contribution in [3.05, 3.63) is 24.3 Å². The second-order valence-corrected chi connectivity index (χ2v) is 6.68. The highest BCUT2D eigenvalue weighted by Gasteiger charge is 2.53. The van der Waals surface area contributed by atoms with E-state index in [2.05, 4.69) is 0 Å². The van der Waals surface area contributed by atoms with Crippen molar-refractivity contribution in [2.75, 3.05) is 6.61 Å². The lowest BCUT2D eigenvalue weighted by Crippen LogP contribution is -2.63. The van der Waals surface area contributed by atoms with Crippen LogP contribution in [0.15, 0.2) is 24.3 Å². The molecule has 11 nitrogen and oxygen atoms in total. The van der Waals surface area contributed by atoms with E-state index in [-0.39, 0.29) is 18.1 Å². The molecular weight excluding hydrogens is 416 g/mol. The first-order valence-corrected chi connectivity index (χ1v) is 9.33. The Bertz CT molecular complexity index is 804. The van der Waals surface area contributed by atoms with Gasteiger partial charge in [0, 0.05) is 27.7 Å². The molecule has 5 atom stereocenters. The minimum absolute atomic E-state index is 0.00565. The van der Waals surface area contributed by atoms with Gasteiger partial charge < -0.3 is 33.5 Å². The molecule has 0 aliphatic carbocycles. The van der Waals surface area contributed by atoms with E-state index in [1.807, 2.05) is 0 Å². The average molecular weight is 440 g/mol. The second-order valence-electron chi connectivity index (χ2n) is 6.68. The van der Waals surface area contributed by atoms with Gasteiger partial charge in [0.15, 0.2) is 12.2 Å². The first-order chi connectivity index (χ1) is 14.6. The van der Waals surface area contributed by atoms with E-state index in [1.165, 1.54) is 31.2 Å². The van der Waals surface area contributed by atoms with Gasteiger partial charge in [0.2, 0.25) is 12.4 Å². The molecule has 0 bridgehead atoms. The summed E-state index contributed by atoms with van der Waals surface area (Å²) in [5.41, 5.74) is 0. The van der Waals surface area contributed by atoms with Gasteiger partial charge in [0.25, 0.3) is 0 Å². The Morgan fingerprint density at radius 3 is 1.84 bits per heavy atom. The Morgan fingerprint density at radius 2 is 1.32 bits per heavy atom. The van der Waals surface area contributed by atoms with Crippen LogP contribution in [0.5, 0.6) is 11.5 Å². The predicted molar refractivity (Wildman–Crippen MR) is 101 cm³/mol. The highest BCUT2D eigenvalue weighted by molar-refractivity contribution is 5.68. The van der Waals surface area contributed by atoms with Gasteiger partial charge in [-0.3, -0.25) is 19.2 Å². The summed E-state index contributed by atoms with van der Waals surface area (Å²) in [5, 5.41) is 9.45. The lowest BCUT2D eigenvalue weighted by atomic mass is 9.98. The standard InChI is InChI=1S/C20H24O11/c1-10(21)26-9-16-17(27-11(2)22)18(28-12(3)23)19(29-13(4)24)20(31-16)30-15-7-5-14(25)6-8-15/h5-8,16-20,25H,9H2,1-4H3/t16-,17-,18+,19+,20?/m1/s1. The van der Waals surface area contributed by atoms with E-state index in [0.717, 1.165) is 20.8 Å².